The van der Waals surface area contributed by atoms with Crippen LogP contribution in [-0.4, -0.2) is 31.9 Å². The van der Waals surface area contributed by atoms with Crippen molar-refractivity contribution in [2.75, 3.05) is 6.61 Å². The number of hydrogen-bond acceptors (Lipinski definition) is 4. The van der Waals surface area contributed by atoms with Crippen LogP contribution in [0.15, 0.2) is 67.1 Å². The summed E-state index contributed by atoms with van der Waals surface area (Å²) in [7, 11) is 0. The van der Waals surface area contributed by atoms with Gasteiger partial charge in [0, 0.05) is 23.5 Å². The smallest absolute Gasteiger partial charge is 0.162 e. The molecular weight excluding hydrogens is 350 g/mol. The number of benzene rings is 2. The van der Waals surface area contributed by atoms with Crippen LogP contribution in [0.3, 0.4) is 0 Å². The van der Waals surface area contributed by atoms with E-state index < -0.39 is 0 Å². The normalized spacial score (nSPS) is 14.9. The minimum absolute atomic E-state index is 0.0674. The molecule has 2 aromatic carbocycles. The lowest BCUT2D eigenvalue weighted by molar-refractivity contribution is 0.0954. The standard InChI is InChI=1S/C23H21N3O2/c1-16-3-2-4-18(11-16)21-13-25-26-14-19(12-24-22(21)26)17-5-7-20(8-6-17)28-23(15-27)9-10-23/h2-8,11-14,27H,9-10,15H2,1H3. The van der Waals surface area contributed by atoms with Gasteiger partial charge in [-0.05, 0) is 43.0 Å². The Hall–Kier alpha value is -3.18. The summed E-state index contributed by atoms with van der Waals surface area (Å²) < 4.78 is 7.72. The van der Waals surface area contributed by atoms with Gasteiger partial charge in [-0.15, -0.1) is 0 Å². The number of nitrogens with zero attached hydrogens (tertiary/aromatic N) is 3. The molecule has 0 spiro atoms. The van der Waals surface area contributed by atoms with Crippen molar-refractivity contribution in [2.24, 2.45) is 0 Å². The number of aromatic nitrogens is 3. The zero-order valence-corrected chi connectivity index (χ0v) is 15.7. The maximum Gasteiger partial charge on any atom is 0.162 e. The highest BCUT2D eigenvalue weighted by Crippen LogP contribution is 2.40. The van der Waals surface area contributed by atoms with Crippen molar-refractivity contribution in [3.05, 3.63) is 72.7 Å². The number of hydrogen-bond donors (Lipinski definition) is 1. The molecule has 2 aromatic heterocycles. The molecule has 4 aromatic rings. The van der Waals surface area contributed by atoms with Gasteiger partial charge in [-0.25, -0.2) is 9.50 Å². The highest BCUT2D eigenvalue weighted by atomic mass is 16.5. The lowest BCUT2D eigenvalue weighted by Gasteiger charge is -2.15. The first-order valence-electron chi connectivity index (χ1n) is 9.47. The quantitative estimate of drug-likeness (QED) is 0.569. The van der Waals surface area contributed by atoms with Gasteiger partial charge in [0.25, 0.3) is 0 Å². The molecule has 1 aliphatic carbocycles. The average molecular weight is 371 g/mol. The maximum absolute atomic E-state index is 9.41. The van der Waals surface area contributed by atoms with Crippen LogP contribution in [0.5, 0.6) is 5.75 Å². The molecular formula is C23H21N3O2. The molecule has 0 atom stereocenters. The average Bonchev–Trinajstić information content (AvgIpc) is 3.37. The van der Waals surface area contributed by atoms with E-state index in [0.29, 0.717) is 0 Å². The fourth-order valence-corrected chi connectivity index (χ4v) is 3.44. The molecule has 0 aliphatic heterocycles. The zero-order valence-electron chi connectivity index (χ0n) is 15.7. The molecule has 1 fully saturated rings. The summed E-state index contributed by atoms with van der Waals surface area (Å²) in [5.74, 6) is 0.783. The van der Waals surface area contributed by atoms with Gasteiger partial charge < -0.3 is 9.84 Å². The number of ether oxygens (including phenoxy) is 1. The van der Waals surface area contributed by atoms with Gasteiger partial charge in [-0.2, -0.15) is 5.10 Å². The Morgan fingerprint density at radius 1 is 1.04 bits per heavy atom. The van der Waals surface area contributed by atoms with Crippen molar-refractivity contribution in [1.82, 2.24) is 14.6 Å². The number of rotatable bonds is 5. The van der Waals surface area contributed by atoms with Crippen molar-refractivity contribution < 1.29 is 9.84 Å². The predicted octanol–water partition coefficient (Wildman–Crippen LogP) is 4.28. The molecule has 28 heavy (non-hydrogen) atoms. The van der Waals surface area contributed by atoms with Crippen LogP contribution in [0.25, 0.3) is 27.9 Å². The molecule has 0 saturated heterocycles. The third kappa shape index (κ3) is 3.04. The molecule has 2 heterocycles. The lowest BCUT2D eigenvalue weighted by atomic mass is 10.1. The number of aryl methyl sites for hydroxylation is 1. The first kappa shape index (κ1) is 17.0. The number of aliphatic hydroxyl groups is 1. The number of aliphatic hydroxyl groups excluding tert-OH is 1. The summed E-state index contributed by atoms with van der Waals surface area (Å²) >= 11 is 0. The molecule has 0 bridgehead atoms. The Bertz CT molecular complexity index is 1140. The maximum atomic E-state index is 9.41. The lowest BCUT2D eigenvalue weighted by Crippen LogP contribution is -2.22. The van der Waals surface area contributed by atoms with Gasteiger partial charge in [0.2, 0.25) is 0 Å². The van der Waals surface area contributed by atoms with E-state index in [4.69, 9.17) is 4.74 Å². The van der Waals surface area contributed by atoms with Crippen LogP contribution >= 0.6 is 0 Å². The monoisotopic (exact) mass is 371 g/mol. The molecule has 140 valence electrons. The summed E-state index contributed by atoms with van der Waals surface area (Å²) in [6, 6.07) is 16.3. The van der Waals surface area contributed by atoms with Gasteiger partial charge in [0.1, 0.15) is 11.4 Å². The van der Waals surface area contributed by atoms with Crippen LogP contribution < -0.4 is 4.74 Å². The van der Waals surface area contributed by atoms with E-state index >= 15 is 0 Å². The Labute approximate surface area is 163 Å². The minimum Gasteiger partial charge on any atom is -0.485 e. The fraction of sp³-hybridized carbons (Fsp3) is 0.217. The van der Waals surface area contributed by atoms with Crippen molar-refractivity contribution in [2.45, 2.75) is 25.4 Å². The van der Waals surface area contributed by atoms with Gasteiger partial charge in [0.15, 0.2) is 5.65 Å². The molecule has 0 amide bonds. The van der Waals surface area contributed by atoms with E-state index in [1.54, 1.807) is 0 Å². The Kier molecular flexibility index (Phi) is 3.91. The van der Waals surface area contributed by atoms with E-state index in [0.717, 1.165) is 46.5 Å². The summed E-state index contributed by atoms with van der Waals surface area (Å²) in [6.07, 6.45) is 7.56. The van der Waals surface area contributed by atoms with Crippen LogP contribution in [0.1, 0.15) is 18.4 Å². The van der Waals surface area contributed by atoms with Crippen LogP contribution in [0.4, 0.5) is 0 Å². The van der Waals surface area contributed by atoms with Gasteiger partial charge >= 0.3 is 0 Å². The second-order valence-electron chi connectivity index (χ2n) is 7.51. The summed E-state index contributed by atoms with van der Waals surface area (Å²) in [4.78, 5) is 4.66. The third-order valence-electron chi connectivity index (χ3n) is 5.30. The van der Waals surface area contributed by atoms with Crippen molar-refractivity contribution in [3.8, 4) is 28.0 Å². The van der Waals surface area contributed by atoms with Gasteiger partial charge in [0.05, 0.1) is 12.8 Å². The topological polar surface area (TPSA) is 59.7 Å². The Morgan fingerprint density at radius 2 is 1.86 bits per heavy atom. The van der Waals surface area contributed by atoms with Crippen molar-refractivity contribution >= 4 is 5.65 Å². The van der Waals surface area contributed by atoms with E-state index in [9.17, 15) is 5.11 Å². The molecule has 1 N–H and O–H groups in total. The van der Waals surface area contributed by atoms with E-state index in [1.165, 1.54) is 5.56 Å². The molecule has 5 nitrogen and oxygen atoms in total. The molecule has 0 radical (unpaired) electrons. The largest absolute Gasteiger partial charge is 0.485 e. The molecule has 5 rings (SSSR count). The summed E-state index contributed by atoms with van der Waals surface area (Å²) in [5.41, 5.74) is 5.87. The molecule has 5 heteroatoms. The molecule has 1 saturated carbocycles. The van der Waals surface area contributed by atoms with Crippen molar-refractivity contribution in [1.29, 1.82) is 0 Å². The van der Waals surface area contributed by atoms with Crippen LogP contribution in [0.2, 0.25) is 0 Å². The Balaban J connectivity index is 1.44. The SMILES string of the molecule is Cc1cccc(-c2cnn3cc(-c4ccc(OC5(CO)CC5)cc4)cnc23)c1. The third-order valence-corrected chi connectivity index (χ3v) is 5.30. The van der Waals surface area contributed by atoms with E-state index in [1.807, 2.05) is 47.4 Å². The Morgan fingerprint density at radius 3 is 2.57 bits per heavy atom. The minimum atomic E-state index is -0.358. The predicted molar refractivity (Wildman–Crippen MR) is 108 cm³/mol. The molecule has 0 unspecified atom stereocenters. The first-order valence-corrected chi connectivity index (χ1v) is 9.47. The highest BCUT2D eigenvalue weighted by molar-refractivity contribution is 5.78. The van der Waals surface area contributed by atoms with E-state index in [2.05, 4.69) is 41.3 Å². The fourth-order valence-electron chi connectivity index (χ4n) is 3.44. The number of fused-ring (bicyclic) bond motifs is 1. The van der Waals surface area contributed by atoms with Crippen LogP contribution in [0, 0.1) is 6.92 Å². The second-order valence-corrected chi connectivity index (χ2v) is 7.51. The summed E-state index contributed by atoms with van der Waals surface area (Å²) in [5, 5.41) is 13.9. The molecule has 1 aliphatic rings. The summed E-state index contributed by atoms with van der Waals surface area (Å²) in [6.45, 7) is 2.15. The first-order chi connectivity index (χ1) is 13.7. The zero-order chi connectivity index (χ0) is 19.1. The van der Waals surface area contributed by atoms with Crippen molar-refractivity contribution in [3.63, 3.8) is 0 Å². The van der Waals surface area contributed by atoms with Gasteiger partial charge in [-0.3, -0.25) is 0 Å². The van der Waals surface area contributed by atoms with Crippen LogP contribution in [-0.2, 0) is 0 Å². The highest BCUT2D eigenvalue weighted by Gasteiger charge is 2.44. The van der Waals surface area contributed by atoms with E-state index in [-0.39, 0.29) is 12.2 Å². The second kappa shape index (κ2) is 6.46. The van der Waals surface area contributed by atoms with Gasteiger partial charge in [-0.1, -0.05) is 42.0 Å².